The molecule has 0 aromatic carbocycles. The molecule has 0 radical (unpaired) electrons. The number of β-amino-alcohol motifs (C(OH)–C–C–N with tert-alkyl or cyclic N) is 1. The fourth-order valence-electron chi connectivity index (χ4n) is 4.76. The summed E-state index contributed by atoms with van der Waals surface area (Å²) in [6.45, 7) is 5.05. The zero-order chi connectivity index (χ0) is 20.3. The van der Waals surface area contributed by atoms with E-state index in [4.69, 9.17) is 0 Å². The minimum atomic E-state index is -0.355. The normalized spacial score (nSPS) is 21.5. The number of nitrogens with zero attached hydrogens (tertiary/aromatic N) is 4. The molecule has 2 aliphatic heterocycles. The lowest BCUT2D eigenvalue weighted by Crippen LogP contribution is -2.54. The SMILES string of the molecule is Cc1cc(N2CC(O)CC3(CCN(C(=O)CCCc4cccs4)CC3)C2)ncn1. The monoisotopic (exact) mass is 414 g/mol. The van der Waals surface area contributed by atoms with Gasteiger partial charge in [0.2, 0.25) is 5.91 Å². The van der Waals surface area contributed by atoms with Gasteiger partial charge in [0.05, 0.1) is 6.10 Å². The van der Waals surface area contributed by atoms with E-state index in [0.29, 0.717) is 13.0 Å². The van der Waals surface area contributed by atoms with E-state index in [1.807, 2.05) is 17.9 Å². The van der Waals surface area contributed by atoms with Gasteiger partial charge in [-0.2, -0.15) is 0 Å². The Morgan fingerprint density at radius 1 is 1.34 bits per heavy atom. The number of hydrogen-bond acceptors (Lipinski definition) is 6. The van der Waals surface area contributed by atoms with Crippen LogP contribution in [-0.2, 0) is 11.2 Å². The number of aryl methyl sites for hydroxylation is 2. The summed E-state index contributed by atoms with van der Waals surface area (Å²) in [6.07, 6.45) is 6.47. The maximum atomic E-state index is 12.6. The van der Waals surface area contributed by atoms with Crippen LogP contribution in [0.25, 0.3) is 0 Å². The Kier molecular flexibility index (Phi) is 6.15. The molecule has 2 saturated heterocycles. The summed E-state index contributed by atoms with van der Waals surface area (Å²) in [5.41, 5.74) is 0.997. The summed E-state index contributed by atoms with van der Waals surface area (Å²) in [5.74, 6) is 1.17. The van der Waals surface area contributed by atoms with Gasteiger partial charge in [0.25, 0.3) is 0 Å². The third kappa shape index (κ3) is 4.95. The highest BCUT2D eigenvalue weighted by molar-refractivity contribution is 7.09. The van der Waals surface area contributed by atoms with Gasteiger partial charge in [-0.05, 0) is 55.9 Å². The number of hydrogen-bond donors (Lipinski definition) is 1. The van der Waals surface area contributed by atoms with Crippen LogP contribution in [0, 0.1) is 12.3 Å². The molecule has 0 bridgehead atoms. The Labute approximate surface area is 176 Å². The molecule has 1 spiro atoms. The molecule has 6 nitrogen and oxygen atoms in total. The number of likely N-dealkylation sites (tertiary alicyclic amines) is 1. The van der Waals surface area contributed by atoms with Crippen molar-refractivity contribution in [3.63, 3.8) is 0 Å². The molecule has 2 aromatic heterocycles. The molecule has 2 aromatic rings. The molecule has 0 saturated carbocycles. The maximum Gasteiger partial charge on any atom is 0.222 e. The van der Waals surface area contributed by atoms with Crippen LogP contribution in [0.15, 0.2) is 29.9 Å². The third-order valence-corrected chi connectivity index (χ3v) is 7.25. The van der Waals surface area contributed by atoms with Gasteiger partial charge in [0.1, 0.15) is 12.1 Å². The minimum Gasteiger partial charge on any atom is -0.391 e. The summed E-state index contributed by atoms with van der Waals surface area (Å²) in [5, 5.41) is 12.6. The predicted octanol–water partition coefficient (Wildman–Crippen LogP) is 3.05. The van der Waals surface area contributed by atoms with Crippen LogP contribution in [0.2, 0.25) is 0 Å². The number of amides is 1. The number of rotatable bonds is 5. The number of aromatic nitrogens is 2. The van der Waals surface area contributed by atoms with E-state index in [-0.39, 0.29) is 17.4 Å². The molecule has 29 heavy (non-hydrogen) atoms. The number of piperidine rings is 2. The lowest BCUT2D eigenvalue weighted by Gasteiger charge is -2.49. The molecule has 1 unspecified atom stereocenters. The topological polar surface area (TPSA) is 69.6 Å². The van der Waals surface area contributed by atoms with Crippen molar-refractivity contribution in [1.82, 2.24) is 14.9 Å². The van der Waals surface area contributed by atoms with Gasteiger partial charge in [0.15, 0.2) is 0 Å². The number of aliphatic hydroxyl groups excluding tert-OH is 1. The van der Waals surface area contributed by atoms with Crippen LogP contribution < -0.4 is 4.90 Å². The highest BCUT2D eigenvalue weighted by Gasteiger charge is 2.42. The second-order valence-corrected chi connectivity index (χ2v) is 9.60. The van der Waals surface area contributed by atoms with Crippen molar-refractivity contribution in [3.05, 3.63) is 40.5 Å². The molecule has 4 rings (SSSR count). The summed E-state index contributed by atoms with van der Waals surface area (Å²) in [7, 11) is 0. The highest BCUT2D eigenvalue weighted by Crippen LogP contribution is 2.41. The molecular weight excluding hydrogens is 384 g/mol. The van der Waals surface area contributed by atoms with Gasteiger partial charge in [-0.3, -0.25) is 4.79 Å². The molecule has 156 valence electrons. The van der Waals surface area contributed by atoms with Crippen molar-refractivity contribution in [2.75, 3.05) is 31.1 Å². The first kappa shape index (κ1) is 20.3. The second kappa shape index (κ2) is 8.79. The molecular formula is C22H30N4O2S. The molecule has 1 amide bonds. The first-order valence-electron chi connectivity index (χ1n) is 10.5. The average molecular weight is 415 g/mol. The van der Waals surface area contributed by atoms with E-state index >= 15 is 0 Å². The first-order chi connectivity index (χ1) is 14.0. The van der Waals surface area contributed by atoms with Gasteiger partial charge in [-0.15, -0.1) is 11.3 Å². The number of carbonyl (C=O) groups excluding carboxylic acids is 1. The summed E-state index contributed by atoms with van der Waals surface area (Å²) in [6, 6.07) is 6.19. The van der Waals surface area contributed by atoms with E-state index in [9.17, 15) is 9.90 Å². The van der Waals surface area contributed by atoms with E-state index in [1.54, 1.807) is 17.7 Å². The van der Waals surface area contributed by atoms with Gasteiger partial charge in [-0.1, -0.05) is 6.07 Å². The molecule has 1 N–H and O–H groups in total. The number of thiophene rings is 1. The van der Waals surface area contributed by atoms with Crippen molar-refractivity contribution in [2.24, 2.45) is 5.41 Å². The van der Waals surface area contributed by atoms with Gasteiger partial charge in [-0.25, -0.2) is 9.97 Å². The summed E-state index contributed by atoms with van der Waals surface area (Å²) in [4.78, 5) is 26.8. The first-order valence-corrected chi connectivity index (χ1v) is 11.4. The Balaban J connectivity index is 1.31. The largest absolute Gasteiger partial charge is 0.391 e. The fraction of sp³-hybridized carbons (Fsp3) is 0.591. The second-order valence-electron chi connectivity index (χ2n) is 8.57. The number of carbonyl (C=O) groups is 1. The van der Waals surface area contributed by atoms with Crippen molar-refractivity contribution in [2.45, 2.75) is 51.6 Å². The highest BCUT2D eigenvalue weighted by atomic mass is 32.1. The van der Waals surface area contributed by atoms with Crippen LogP contribution in [0.3, 0.4) is 0 Å². The Hall–Kier alpha value is -1.99. The fourth-order valence-corrected chi connectivity index (χ4v) is 5.51. The van der Waals surface area contributed by atoms with Gasteiger partial charge in [0, 0.05) is 49.2 Å². The molecule has 0 aliphatic carbocycles. The molecule has 7 heteroatoms. The van der Waals surface area contributed by atoms with Gasteiger partial charge >= 0.3 is 0 Å². The quantitative estimate of drug-likeness (QED) is 0.814. The molecule has 4 heterocycles. The van der Waals surface area contributed by atoms with E-state index < -0.39 is 0 Å². The van der Waals surface area contributed by atoms with Crippen LogP contribution in [0.5, 0.6) is 0 Å². The van der Waals surface area contributed by atoms with Crippen molar-refractivity contribution >= 4 is 23.1 Å². The average Bonchev–Trinajstić information content (AvgIpc) is 3.21. The Morgan fingerprint density at radius 2 is 2.17 bits per heavy atom. The third-order valence-electron chi connectivity index (χ3n) is 6.31. The lowest BCUT2D eigenvalue weighted by atomic mass is 9.71. The van der Waals surface area contributed by atoms with E-state index in [1.165, 1.54) is 4.88 Å². The Morgan fingerprint density at radius 3 is 2.90 bits per heavy atom. The lowest BCUT2D eigenvalue weighted by molar-refractivity contribution is -0.134. The number of anilines is 1. The zero-order valence-corrected chi connectivity index (χ0v) is 17.9. The van der Waals surface area contributed by atoms with Crippen LogP contribution >= 0.6 is 11.3 Å². The van der Waals surface area contributed by atoms with Crippen molar-refractivity contribution < 1.29 is 9.90 Å². The summed E-state index contributed by atoms with van der Waals surface area (Å²) < 4.78 is 0. The molecule has 2 fully saturated rings. The minimum absolute atomic E-state index is 0.0598. The van der Waals surface area contributed by atoms with Crippen LogP contribution in [0.4, 0.5) is 5.82 Å². The van der Waals surface area contributed by atoms with Crippen LogP contribution in [0.1, 0.15) is 42.7 Å². The van der Waals surface area contributed by atoms with E-state index in [0.717, 1.165) is 63.3 Å². The number of aliphatic hydroxyl groups is 1. The van der Waals surface area contributed by atoms with Crippen LogP contribution in [-0.4, -0.2) is 58.2 Å². The zero-order valence-electron chi connectivity index (χ0n) is 17.1. The smallest absolute Gasteiger partial charge is 0.222 e. The predicted molar refractivity (Wildman–Crippen MR) is 115 cm³/mol. The molecule has 2 aliphatic rings. The van der Waals surface area contributed by atoms with Crippen molar-refractivity contribution in [3.8, 4) is 0 Å². The van der Waals surface area contributed by atoms with Crippen molar-refractivity contribution in [1.29, 1.82) is 0 Å². The Bertz CT molecular complexity index is 818. The van der Waals surface area contributed by atoms with Gasteiger partial charge < -0.3 is 14.9 Å². The van der Waals surface area contributed by atoms with E-state index in [2.05, 4.69) is 32.4 Å². The summed E-state index contributed by atoms with van der Waals surface area (Å²) >= 11 is 1.76. The maximum absolute atomic E-state index is 12.6. The standard InChI is InChI=1S/C22H30N4O2S/c1-17-12-20(24-16-23-17)26-14-18(27)13-22(15-26)7-9-25(10-8-22)21(28)6-2-4-19-5-3-11-29-19/h3,5,11-12,16,18,27H,2,4,6-10,13-15H2,1H3. The molecule has 1 atom stereocenters.